The van der Waals surface area contributed by atoms with Gasteiger partial charge < -0.3 is 19.5 Å². The minimum absolute atomic E-state index is 0.0413. The van der Waals surface area contributed by atoms with Gasteiger partial charge in [-0.25, -0.2) is 4.79 Å². The topological polar surface area (TPSA) is 73.9 Å². The fourth-order valence-electron chi connectivity index (χ4n) is 2.18. The minimum Gasteiger partial charge on any atom is -0.493 e. The third kappa shape index (κ3) is 6.34. The van der Waals surface area contributed by atoms with Gasteiger partial charge in [-0.3, -0.25) is 4.79 Å². The molecule has 1 N–H and O–H groups in total. The molecule has 0 aliphatic heterocycles. The van der Waals surface area contributed by atoms with Crippen molar-refractivity contribution in [2.75, 3.05) is 19.0 Å². The Labute approximate surface area is 167 Å². The van der Waals surface area contributed by atoms with Crippen LogP contribution in [0.1, 0.15) is 24.2 Å². The lowest BCUT2D eigenvalue weighted by Crippen LogP contribution is -2.21. The number of ether oxygens (including phenoxy) is 3. The molecule has 0 heterocycles. The second-order valence-electron chi connectivity index (χ2n) is 5.81. The molecule has 0 bridgehead atoms. The van der Waals surface area contributed by atoms with E-state index in [1.165, 1.54) is 31.4 Å². The maximum Gasteiger partial charge on any atom is 0.338 e. The predicted octanol–water partition coefficient (Wildman–Crippen LogP) is 4.58. The third-order valence-corrected chi connectivity index (χ3v) is 3.68. The van der Waals surface area contributed by atoms with Crippen molar-refractivity contribution in [3.8, 4) is 11.5 Å². The van der Waals surface area contributed by atoms with Crippen molar-refractivity contribution in [2.45, 2.75) is 20.0 Å². The minimum atomic E-state index is -0.663. The standard InChI is InChI=1S/C19H19Cl2NO5/c1-11(2)27-16-5-4-12(6-17(16)25-3)19(24)26-10-18(23)22-15-8-13(20)7-14(21)9-15/h4-9,11H,10H2,1-3H3,(H,22,23). The number of anilines is 1. The van der Waals surface area contributed by atoms with Crippen LogP contribution in [0.15, 0.2) is 36.4 Å². The summed E-state index contributed by atoms with van der Waals surface area (Å²) in [7, 11) is 1.47. The molecule has 0 aliphatic rings. The van der Waals surface area contributed by atoms with E-state index in [1.54, 1.807) is 12.1 Å². The number of rotatable bonds is 7. The number of amides is 1. The molecule has 0 atom stereocenters. The van der Waals surface area contributed by atoms with E-state index in [9.17, 15) is 9.59 Å². The number of hydrogen-bond acceptors (Lipinski definition) is 5. The molecule has 1 amide bonds. The van der Waals surface area contributed by atoms with E-state index in [0.717, 1.165) is 0 Å². The van der Waals surface area contributed by atoms with E-state index in [2.05, 4.69) is 5.32 Å². The summed E-state index contributed by atoms with van der Waals surface area (Å²) < 4.78 is 15.8. The highest BCUT2D eigenvalue weighted by atomic mass is 35.5. The van der Waals surface area contributed by atoms with Crippen LogP contribution in [0.5, 0.6) is 11.5 Å². The monoisotopic (exact) mass is 411 g/mol. The van der Waals surface area contributed by atoms with Gasteiger partial charge in [-0.1, -0.05) is 23.2 Å². The van der Waals surface area contributed by atoms with Gasteiger partial charge in [0.1, 0.15) is 0 Å². The Hall–Kier alpha value is -2.44. The molecule has 0 saturated carbocycles. The van der Waals surface area contributed by atoms with Crippen LogP contribution in [0.2, 0.25) is 10.0 Å². The van der Waals surface area contributed by atoms with Crippen molar-refractivity contribution >= 4 is 40.8 Å². The molecule has 0 radical (unpaired) electrons. The Bertz CT molecular complexity index is 819. The van der Waals surface area contributed by atoms with Gasteiger partial charge in [0, 0.05) is 15.7 Å². The Kier molecular flexibility index (Phi) is 7.33. The molecule has 2 aromatic carbocycles. The summed E-state index contributed by atoms with van der Waals surface area (Å²) in [5, 5.41) is 3.31. The summed E-state index contributed by atoms with van der Waals surface area (Å²) >= 11 is 11.7. The Morgan fingerprint density at radius 2 is 1.70 bits per heavy atom. The average molecular weight is 412 g/mol. The van der Waals surface area contributed by atoms with E-state index in [0.29, 0.717) is 27.2 Å². The van der Waals surface area contributed by atoms with Crippen molar-refractivity contribution < 1.29 is 23.8 Å². The number of carbonyl (C=O) groups is 2. The van der Waals surface area contributed by atoms with Crippen molar-refractivity contribution in [3.05, 3.63) is 52.0 Å². The molecule has 144 valence electrons. The van der Waals surface area contributed by atoms with Crippen molar-refractivity contribution in [3.63, 3.8) is 0 Å². The quantitative estimate of drug-likeness (QED) is 0.674. The van der Waals surface area contributed by atoms with Gasteiger partial charge in [0.2, 0.25) is 0 Å². The highest BCUT2D eigenvalue weighted by Crippen LogP contribution is 2.29. The van der Waals surface area contributed by atoms with Gasteiger partial charge in [0.25, 0.3) is 5.91 Å². The van der Waals surface area contributed by atoms with Gasteiger partial charge in [-0.15, -0.1) is 0 Å². The summed E-state index contributed by atoms with van der Waals surface area (Å²) in [5.74, 6) is -0.270. The number of methoxy groups -OCH3 is 1. The lowest BCUT2D eigenvalue weighted by atomic mass is 10.2. The van der Waals surface area contributed by atoms with Crippen molar-refractivity contribution in [1.29, 1.82) is 0 Å². The molecule has 8 heteroatoms. The van der Waals surface area contributed by atoms with Crippen LogP contribution in [0.4, 0.5) is 5.69 Å². The molecular weight excluding hydrogens is 393 g/mol. The third-order valence-electron chi connectivity index (χ3n) is 3.24. The Morgan fingerprint density at radius 3 is 2.30 bits per heavy atom. The molecule has 27 heavy (non-hydrogen) atoms. The first-order chi connectivity index (χ1) is 12.8. The van der Waals surface area contributed by atoms with E-state index in [4.69, 9.17) is 37.4 Å². The van der Waals surface area contributed by atoms with E-state index < -0.39 is 18.5 Å². The number of carbonyl (C=O) groups excluding carboxylic acids is 2. The van der Waals surface area contributed by atoms with E-state index in [1.807, 2.05) is 13.8 Å². The van der Waals surface area contributed by atoms with Crippen LogP contribution in [0.25, 0.3) is 0 Å². The van der Waals surface area contributed by atoms with Gasteiger partial charge >= 0.3 is 5.97 Å². The second-order valence-corrected chi connectivity index (χ2v) is 6.69. The molecule has 0 aromatic heterocycles. The molecule has 0 saturated heterocycles. The highest BCUT2D eigenvalue weighted by Gasteiger charge is 2.15. The zero-order chi connectivity index (χ0) is 20.0. The zero-order valence-electron chi connectivity index (χ0n) is 15.0. The largest absolute Gasteiger partial charge is 0.493 e. The zero-order valence-corrected chi connectivity index (χ0v) is 16.6. The number of benzene rings is 2. The summed E-state index contributed by atoms with van der Waals surface area (Å²) in [4.78, 5) is 24.1. The summed E-state index contributed by atoms with van der Waals surface area (Å²) in [6.07, 6.45) is -0.0413. The predicted molar refractivity (Wildman–Crippen MR) is 104 cm³/mol. The SMILES string of the molecule is COc1cc(C(=O)OCC(=O)Nc2cc(Cl)cc(Cl)c2)ccc1OC(C)C. The summed E-state index contributed by atoms with van der Waals surface area (Å²) in [5.41, 5.74) is 0.645. The lowest BCUT2D eigenvalue weighted by molar-refractivity contribution is -0.119. The first-order valence-electron chi connectivity index (χ1n) is 8.06. The fraction of sp³-hybridized carbons (Fsp3) is 0.263. The van der Waals surface area contributed by atoms with Crippen molar-refractivity contribution in [2.24, 2.45) is 0 Å². The molecular formula is C19H19Cl2NO5. The van der Waals surface area contributed by atoms with Crippen LogP contribution in [0.3, 0.4) is 0 Å². The number of nitrogens with one attached hydrogen (secondary N) is 1. The summed E-state index contributed by atoms with van der Waals surface area (Å²) in [6, 6.07) is 9.26. The molecule has 0 unspecified atom stereocenters. The van der Waals surface area contributed by atoms with Gasteiger partial charge in [0.15, 0.2) is 18.1 Å². The first-order valence-corrected chi connectivity index (χ1v) is 8.82. The molecule has 0 aliphatic carbocycles. The van der Waals surface area contributed by atoms with Crippen LogP contribution < -0.4 is 14.8 Å². The van der Waals surface area contributed by atoms with Crippen LogP contribution in [0, 0.1) is 0 Å². The van der Waals surface area contributed by atoms with Gasteiger partial charge in [0.05, 0.1) is 18.8 Å². The molecule has 0 spiro atoms. The molecule has 0 fully saturated rings. The average Bonchev–Trinajstić information content (AvgIpc) is 2.58. The van der Waals surface area contributed by atoms with Crippen molar-refractivity contribution in [1.82, 2.24) is 0 Å². The Morgan fingerprint density at radius 1 is 1.04 bits per heavy atom. The molecule has 2 rings (SSSR count). The fourth-order valence-corrected chi connectivity index (χ4v) is 2.71. The number of halogens is 2. The summed E-state index contributed by atoms with van der Waals surface area (Å²) in [6.45, 7) is 3.30. The normalized spacial score (nSPS) is 10.4. The van der Waals surface area contributed by atoms with E-state index >= 15 is 0 Å². The van der Waals surface area contributed by atoms with Gasteiger partial charge in [-0.05, 0) is 50.2 Å². The Balaban J connectivity index is 1.97. The second kappa shape index (κ2) is 9.48. The molecule has 6 nitrogen and oxygen atoms in total. The van der Waals surface area contributed by atoms with Crippen LogP contribution >= 0.6 is 23.2 Å². The maximum atomic E-state index is 12.2. The highest BCUT2D eigenvalue weighted by molar-refractivity contribution is 6.35. The molecule has 2 aromatic rings. The van der Waals surface area contributed by atoms with Crippen LogP contribution in [-0.2, 0) is 9.53 Å². The van der Waals surface area contributed by atoms with E-state index in [-0.39, 0.29) is 11.7 Å². The first kappa shape index (κ1) is 20.9. The van der Waals surface area contributed by atoms with Crippen LogP contribution in [-0.4, -0.2) is 31.7 Å². The smallest absolute Gasteiger partial charge is 0.338 e. The number of hydrogen-bond donors (Lipinski definition) is 1. The number of esters is 1. The maximum absolute atomic E-state index is 12.2. The lowest BCUT2D eigenvalue weighted by Gasteiger charge is -2.14. The van der Waals surface area contributed by atoms with Gasteiger partial charge in [-0.2, -0.15) is 0 Å².